The maximum Gasteiger partial charge on any atom is 0.267 e. The first-order valence-electron chi connectivity index (χ1n) is 3.27. The fourth-order valence-corrected chi connectivity index (χ4v) is 1.22. The van der Waals surface area contributed by atoms with Crippen LogP contribution in [-0.4, -0.2) is 17.2 Å². The van der Waals surface area contributed by atoms with Gasteiger partial charge in [0, 0.05) is 0 Å². The molecule has 0 saturated carbocycles. The van der Waals surface area contributed by atoms with Gasteiger partial charge in [0.05, 0.1) is 12.7 Å². The molecule has 0 atom stereocenters. The van der Waals surface area contributed by atoms with Gasteiger partial charge in [0.25, 0.3) is 12.3 Å². The van der Waals surface area contributed by atoms with Gasteiger partial charge in [-0.15, -0.1) is 0 Å². The second kappa shape index (κ2) is 3.87. The van der Waals surface area contributed by atoms with Crippen molar-refractivity contribution in [2.24, 2.45) is 0 Å². The van der Waals surface area contributed by atoms with Crippen molar-refractivity contribution in [3.8, 4) is 11.6 Å². The summed E-state index contributed by atoms with van der Waals surface area (Å²) in [5.74, 6) is -0.842. The van der Waals surface area contributed by atoms with E-state index in [-0.39, 0.29) is 10.5 Å². The molecule has 0 saturated heterocycles. The van der Waals surface area contributed by atoms with Gasteiger partial charge >= 0.3 is 0 Å². The van der Waals surface area contributed by atoms with Gasteiger partial charge in [-0.1, -0.05) is 0 Å². The quantitative estimate of drug-likeness (QED) is 0.824. The Morgan fingerprint density at radius 2 is 2.23 bits per heavy atom. The van der Waals surface area contributed by atoms with Gasteiger partial charge in [0.15, 0.2) is 5.75 Å². The SMILES string of the molecule is COc1nc(Br)cc(C(F)F)c1O. The van der Waals surface area contributed by atoms with Crippen LogP contribution in [0.3, 0.4) is 0 Å². The van der Waals surface area contributed by atoms with E-state index in [0.29, 0.717) is 0 Å². The fourth-order valence-electron chi connectivity index (χ4n) is 0.811. The highest BCUT2D eigenvalue weighted by Gasteiger charge is 2.18. The third kappa shape index (κ3) is 2.06. The van der Waals surface area contributed by atoms with E-state index in [0.717, 1.165) is 6.07 Å². The fraction of sp³-hybridized carbons (Fsp3) is 0.286. The Bertz CT molecular complexity index is 320. The number of nitrogens with zero attached hydrogens (tertiary/aromatic N) is 1. The van der Waals surface area contributed by atoms with Crippen molar-refractivity contribution in [1.82, 2.24) is 4.98 Å². The minimum Gasteiger partial charge on any atom is -0.503 e. The molecule has 0 unspecified atom stereocenters. The van der Waals surface area contributed by atoms with E-state index in [1.165, 1.54) is 7.11 Å². The van der Waals surface area contributed by atoms with Gasteiger partial charge in [-0.25, -0.2) is 13.8 Å². The standard InChI is InChI=1S/C7H6BrF2NO2/c1-13-7-5(12)3(6(9)10)2-4(8)11-7/h2,6,12H,1H3. The first-order chi connectivity index (χ1) is 6.06. The molecular formula is C7H6BrF2NO2. The predicted molar refractivity (Wildman–Crippen MR) is 45.1 cm³/mol. The topological polar surface area (TPSA) is 42.4 Å². The molecule has 0 aromatic carbocycles. The lowest BCUT2D eigenvalue weighted by Gasteiger charge is -2.07. The highest BCUT2D eigenvalue weighted by atomic mass is 79.9. The first-order valence-corrected chi connectivity index (χ1v) is 4.07. The van der Waals surface area contributed by atoms with Crippen LogP contribution in [0.1, 0.15) is 12.0 Å². The van der Waals surface area contributed by atoms with E-state index in [1.807, 2.05) is 0 Å². The maximum absolute atomic E-state index is 12.3. The molecule has 1 N–H and O–H groups in total. The van der Waals surface area contributed by atoms with Crippen molar-refractivity contribution in [2.75, 3.05) is 7.11 Å². The third-order valence-corrected chi connectivity index (χ3v) is 1.79. The zero-order valence-corrected chi connectivity index (χ0v) is 8.18. The van der Waals surface area contributed by atoms with Crippen molar-refractivity contribution < 1.29 is 18.6 Å². The summed E-state index contributed by atoms with van der Waals surface area (Å²) in [5, 5.41) is 9.20. The van der Waals surface area contributed by atoms with Gasteiger partial charge in [-0.2, -0.15) is 0 Å². The molecule has 0 amide bonds. The molecule has 0 aliphatic carbocycles. The lowest BCUT2D eigenvalue weighted by molar-refractivity contribution is 0.146. The average molecular weight is 254 g/mol. The van der Waals surface area contributed by atoms with E-state index in [4.69, 9.17) is 0 Å². The van der Waals surface area contributed by atoms with E-state index >= 15 is 0 Å². The Morgan fingerprint density at radius 3 is 2.69 bits per heavy atom. The minimum absolute atomic E-state index is 0.192. The molecule has 1 heterocycles. The van der Waals surface area contributed by atoms with E-state index in [9.17, 15) is 13.9 Å². The molecular weight excluding hydrogens is 248 g/mol. The van der Waals surface area contributed by atoms with Crippen LogP contribution in [-0.2, 0) is 0 Å². The molecule has 1 aromatic heterocycles. The molecule has 72 valence electrons. The van der Waals surface area contributed by atoms with Crippen LogP contribution in [0.4, 0.5) is 8.78 Å². The number of alkyl halides is 2. The maximum atomic E-state index is 12.3. The normalized spacial score (nSPS) is 10.5. The molecule has 0 fully saturated rings. The monoisotopic (exact) mass is 253 g/mol. The third-order valence-electron chi connectivity index (χ3n) is 1.39. The number of aromatic nitrogens is 1. The number of methoxy groups -OCH3 is 1. The predicted octanol–water partition coefficient (Wildman–Crippen LogP) is 2.50. The Hall–Kier alpha value is -0.910. The lowest BCUT2D eigenvalue weighted by Crippen LogP contribution is -1.94. The molecule has 0 aliphatic heterocycles. The molecule has 13 heavy (non-hydrogen) atoms. The Morgan fingerprint density at radius 1 is 1.62 bits per heavy atom. The molecule has 6 heteroatoms. The molecule has 0 aliphatic rings. The molecule has 0 radical (unpaired) electrons. The number of ether oxygens (including phenoxy) is 1. The van der Waals surface area contributed by atoms with Crippen LogP contribution in [0.25, 0.3) is 0 Å². The minimum atomic E-state index is -2.76. The van der Waals surface area contributed by atoms with E-state index in [1.54, 1.807) is 0 Å². The van der Waals surface area contributed by atoms with E-state index < -0.39 is 17.7 Å². The van der Waals surface area contributed by atoms with Crippen LogP contribution in [0.15, 0.2) is 10.7 Å². The zero-order chi connectivity index (χ0) is 10.0. The number of pyridine rings is 1. The van der Waals surface area contributed by atoms with Crippen molar-refractivity contribution in [3.05, 3.63) is 16.2 Å². The lowest BCUT2D eigenvalue weighted by atomic mass is 10.2. The summed E-state index contributed by atoms with van der Waals surface area (Å²) in [4.78, 5) is 3.65. The average Bonchev–Trinajstić information content (AvgIpc) is 2.08. The van der Waals surface area contributed by atoms with E-state index in [2.05, 4.69) is 25.7 Å². The summed E-state index contributed by atoms with van der Waals surface area (Å²) >= 11 is 2.92. The number of halogens is 3. The van der Waals surface area contributed by atoms with Gasteiger partial charge in [-0.05, 0) is 22.0 Å². The first kappa shape index (κ1) is 10.2. The van der Waals surface area contributed by atoms with Crippen molar-refractivity contribution in [1.29, 1.82) is 0 Å². The highest BCUT2D eigenvalue weighted by Crippen LogP contribution is 2.36. The summed E-state index contributed by atoms with van der Waals surface area (Å²) < 4.78 is 29.3. The van der Waals surface area contributed by atoms with Gasteiger partial charge in [0.2, 0.25) is 0 Å². The molecule has 0 spiro atoms. The Kier molecular flexibility index (Phi) is 3.02. The second-order valence-corrected chi connectivity index (χ2v) is 3.01. The van der Waals surface area contributed by atoms with Crippen LogP contribution in [0, 0.1) is 0 Å². The molecule has 1 rings (SSSR count). The van der Waals surface area contributed by atoms with Gasteiger partial charge < -0.3 is 9.84 Å². The molecule has 1 aromatic rings. The Balaban J connectivity index is 3.27. The summed E-state index contributed by atoms with van der Waals surface area (Å²) in [6, 6.07) is 1.04. The smallest absolute Gasteiger partial charge is 0.267 e. The van der Waals surface area contributed by atoms with Crippen LogP contribution in [0.5, 0.6) is 11.6 Å². The highest BCUT2D eigenvalue weighted by molar-refractivity contribution is 9.10. The van der Waals surface area contributed by atoms with Gasteiger partial charge in [0.1, 0.15) is 4.60 Å². The van der Waals surface area contributed by atoms with Crippen LogP contribution < -0.4 is 4.74 Å². The summed E-state index contributed by atoms with van der Waals surface area (Å²) in [7, 11) is 1.24. The summed E-state index contributed by atoms with van der Waals surface area (Å²) in [6.07, 6.45) is -2.76. The second-order valence-electron chi connectivity index (χ2n) is 2.19. The molecule has 3 nitrogen and oxygen atoms in total. The largest absolute Gasteiger partial charge is 0.503 e. The van der Waals surface area contributed by atoms with Crippen LogP contribution in [0.2, 0.25) is 0 Å². The number of rotatable bonds is 2. The zero-order valence-electron chi connectivity index (χ0n) is 6.59. The number of hydrogen-bond acceptors (Lipinski definition) is 3. The summed E-state index contributed by atoms with van der Waals surface area (Å²) in [6.45, 7) is 0. The Labute approximate surface area is 81.5 Å². The summed E-state index contributed by atoms with van der Waals surface area (Å²) in [5.41, 5.74) is -0.501. The van der Waals surface area contributed by atoms with Crippen molar-refractivity contribution >= 4 is 15.9 Å². The number of hydrogen-bond donors (Lipinski definition) is 1. The van der Waals surface area contributed by atoms with Gasteiger partial charge in [-0.3, -0.25) is 0 Å². The van der Waals surface area contributed by atoms with Crippen molar-refractivity contribution in [2.45, 2.75) is 6.43 Å². The number of aromatic hydroxyl groups is 1. The molecule has 0 bridgehead atoms. The van der Waals surface area contributed by atoms with Crippen molar-refractivity contribution in [3.63, 3.8) is 0 Å². The van der Waals surface area contributed by atoms with Crippen LogP contribution >= 0.6 is 15.9 Å².